The van der Waals surface area contributed by atoms with E-state index >= 15 is 0 Å². The normalized spacial score (nSPS) is 0.333. The molecule has 0 aromatic rings. The summed E-state index contributed by atoms with van der Waals surface area (Å²) in [6.45, 7) is 4.50. The van der Waals surface area contributed by atoms with E-state index in [2.05, 4.69) is 6.65 Å². The predicted octanol–water partition coefficient (Wildman–Crippen LogP) is 3.24. The Morgan fingerprint density at radius 1 is 0.833 bits per heavy atom. The Bertz CT molecular complexity index is 16.9. The van der Waals surface area contributed by atoms with Crippen LogP contribution in [0.4, 0.5) is 0 Å². The molecule has 0 heterocycles. The average Bonchev–Trinajstić information content (AvgIpc) is 1.00. The molecule has 0 aliphatic rings. The van der Waals surface area contributed by atoms with Crippen molar-refractivity contribution in [3.8, 4) is 0 Å². The fraction of sp³-hybridized carbons (Fsp3) is 0.800. The summed E-state index contributed by atoms with van der Waals surface area (Å²) < 4.78 is 7.50. The smallest absolute Gasteiger partial charge is 0 e. The topological polar surface area (TPSA) is 19.9 Å². The van der Waals surface area contributed by atoms with Gasteiger partial charge in [-0.2, -0.15) is 0 Å². The second-order valence-electron chi connectivity index (χ2n) is 0. The molecule has 1 nitrogen and oxygen atoms in total. The van der Waals surface area contributed by atoms with E-state index in [4.69, 9.17) is 4.65 Å². The molecule has 0 fully saturated rings. The van der Waals surface area contributed by atoms with Gasteiger partial charge in [-0.25, -0.2) is 0 Å². The third kappa shape index (κ3) is 415. The summed E-state index contributed by atoms with van der Waals surface area (Å²) in [6, 6.07) is 0. The monoisotopic (exact) mass is 98.2 g/mol. The van der Waals surface area contributed by atoms with Crippen LogP contribution in [0.3, 0.4) is 0 Å². The van der Waals surface area contributed by atoms with E-state index < -0.39 is 0 Å². The van der Waals surface area contributed by atoms with Crippen LogP contribution in [-0.4, -0.2) is 0 Å². The third-order valence-electron chi connectivity index (χ3n) is 0. The van der Waals surface area contributed by atoms with Crippen molar-refractivity contribution in [1.29, 1.82) is 0 Å². The molecule has 0 aliphatic heterocycles. The first-order valence-electron chi connectivity index (χ1n) is 0.204. The second-order valence-corrected chi connectivity index (χ2v) is 0. The maximum absolute atomic E-state index is 7.50. The van der Waals surface area contributed by atoms with Gasteiger partial charge in [0.2, 0.25) is 0 Å². The summed E-state index contributed by atoms with van der Waals surface area (Å²) in [5.74, 6) is 0. The standard InChI is InChI=1S/CO.4CH4.3H2/c1-2;;;;;;;/h;4*1H4;3*1H. The van der Waals surface area contributed by atoms with Crippen LogP contribution in [0.1, 0.15) is 34.0 Å². The van der Waals surface area contributed by atoms with E-state index in [-0.39, 0.29) is 34.0 Å². The first kappa shape index (κ1) is 236. The van der Waals surface area contributed by atoms with Crippen molar-refractivity contribution >= 4 is 0 Å². The van der Waals surface area contributed by atoms with E-state index in [1.165, 1.54) is 0 Å². The van der Waals surface area contributed by atoms with Crippen molar-refractivity contribution in [3.63, 3.8) is 0 Å². The maximum Gasteiger partial charge on any atom is 0 e. The third-order valence-corrected chi connectivity index (χ3v) is 0. The van der Waals surface area contributed by atoms with Gasteiger partial charge in [0.25, 0.3) is 0 Å². The fourth-order valence-electron chi connectivity index (χ4n) is 0. The Kier molecular flexibility index (Phi) is 38500. The van der Waals surface area contributed by atoms with E-state index in [9.17, 15) is 0 Å². The first-order chi connectivity index (χ1) is 1.00. The Labute approximate surface area is 46.6 Å². The minimum absolute atomic E-state index is 0. The number of hydrogen-bond acceptors (Lipinski definition) is 0. The molecule has 1 heteroatoms. The molecule has 0 bridgehead atoms. The predicted molar refractivity (Wildman–Crippen MR) is 37.2 cm³/mol. The Balaban J connectivity index is -0.000000000238. The fourth-order valence-corrected chi connectivity index (χ4v) is 0. The van der Waals surface area contributed by atoms with Crippen LogP contribution < -0.4 is 0 Å². The Hall–Kier alpha value is -0.260. The van der Waals surface area contributed by atoms with Crippen molar-refractivity contribution in [2.45, 2.75) is 29.7 Å². The van der Waals surface area contributed by atoms with Crippen LogP contribution in [0.2, 0.25) is 0 Å². The minimum atomic E-state index is 0. The summed E-state index contributed by atoms with van der Waals surface area (Å²) in [4.78, 5) is 0. The quantitative estimate of drug-likeness (QED) is 0.327. The molecule has 0 unspecified atom stereocenters. The molecular formula is C5H22O. The van der Waals surface area contributed by atoms with Crippen molar-refractivity contribution in [3.05, 3.63) is 6.65 Å². The summed E-state index contributed by atoms with van der Waals surface area (Å²) >= 11 is 0. The summed E-state index contributed by atoms with van der Waals surface area (Å²) in [5.41, 5.74) is 0. The van der Waals surface area contributed by atoms with Crippen LogP contribution >= 0.6 is 0 Å². The zero-order valence-electron chi connectivity index (χ0n) is 0.908. The van der Waals surface area contributed by atoms with Gasteiger partial charge >= 0.3 is 11.3 Å². The van der Waals surface area contributed by atoms with Gasteiger partial charge in [-0.15, -0.1) is 0 Å². The summed E-state index contributed by atoms with van der Waals surface area (Å²) in [5, 5.41) is 0. The van der Waals surface area contributed by atoms with Crippen molar-refractivity contribution in [1.82, 2.24) is 0 Å². The number of hydrogen-bond donors (Lipinski definition) is 0. The van der Waals surface area contributed by atoms with Crippen LogP contribution in [0.5, 0.6) is 0 Å². The largest absolute Gasteiger partial charge is 0 e. The molecule has 0 amide bonds. The van der Waals surface area contributed by atoms with Gasteiger partial charge in [0.15, 0.2) is 0 Å². The zero-order valence-corrected chi connectivity index (χ0v) is 0.908. The summed E-state index contributed by atoms with van der Waals surface area (Å²) in [7, 11) is 0. The molecule has 0 spiro atoms. The van der Waals surface area contributed by atoms with Crippen molar-refractivity contribution < 1.29 is 8.93 Å². The van der Waals surface area contributed by atoms with Crippen LogP contribution in [0.15, 0.2) is 0 Å². The first-order valence-corrected chi connectivity index (χ1v) is 0.204. The maximum atomic E-state index is 7.50. The SMILES string of the molecule is C.C.C.C.[C-]#[O+].[HH].[HH].[HH]. The minimum Gasteiger partial charge on any atom is 0 e. The van der Waals surface area contributed by atoms with Crippen LogP contribution in [-0.2, 0) is 4.65 Å². The van der Waals surface area contributed by atoms with Gasteiger partial charge in [0, 0.05) is 4.28 Å². The molecule has 0 rings (SSSR count). The van der Waals surface area contributed by atoms with Crippen molar-refractivity contribution in [2.75, 3.05) is 0 Å². The molecule has 0 aromatic carbocycles. The molecule has 0 N–H and O–H groups in total. The molecule has 0 radical (unpaired) electrons. The van der Waals surface area contributed by atoms with Crippen molar-refractivity contribution in [2.24, 2.45) is 0 Å². The van der Waals surface area contributed by atoms with Gasteiger partial charge in [0.05, 0.1) is 0 Å². The van der Waals surface area contributed by atoms with E-state index in [0.29, 0.717) is 0 Å². The Morgan fingerprint density at radius 2 is 0.833 bits per heavy atom. The van der Waals surface area contributed by atoms with E-state index in [1.807, 2.05) is 0 Å². The molecule has 6 heavy (non-hydrogen) atoms. The zero-order chi connectivity index (χ0) is 2.00. The van der Waals surface area contributed by atoms with E-state index in [1.54, 1.807) is 0 Å². The van der Waals surface area contributed by atoms with Crippen LogP contribution in [0.25, 0.3) is 0 Å². The summed E-state index contributed by atoms with van der Waals surface area (Å²) in [6.07, 6.45) is 0. The second kappa shape index (κ2) is 981. The van der Waals surface area contributed by atoms with Crippen LogP contribution in [0, 0.1) is 6.65 Å². The van der Waals surface area contributed by atoms with Gasteiger partial charge in [-0.05, 0) is 0 Å². The molecule has 0 saturated heterocycles. The number of rotatable bonds is 0. The molecule has 0 atom stereocenters. The molecular weight excluding hydrogens is 76.1 g/mol. The molecule has 48 valence electrons. The molecule has 0 saturated carbocycles. The van der Waals surface area contributed by atoms with Gasteiger partial charge in [-0.3, -0.25) is 0 Å². The van der Waals surface area contributed by atoms with Gasteiger partial charge < -0.3 is 0 Å². The molecule has 0 aromatic heterocycles. The van der Waals surface area contributed by atoms with E-state index in [0.717, 1.165) is 0 Å². The Morgan fingerprint density at radius 3 is 0.833 bits per heavy atom. The van der Waals surface area contributed by atoms with Gasteiger partial charge in [0.1, 0.15) is 0 Å². The van der Waals surface area contributed by atoms with Gasteiger partial charge in [-0.1, -0.05) is 29.7 Å². The molecule has 0 aliphatic carbocycles. The average molecular weight is 98.2 g/mol.